The van der Waals surface area contributed by atoms with Crippen molar-refractivity contribution in [1.82, 2.24) is 15.1 Å². The molecule has 1 aromatic carbocycles. The van der Waals surface area contributed by atoms with Crippen LogP contribution in [0.5, 0.6) is 17.2 Å². The van der Waals surface area contributed by atoms with Crippen LogP contribution in [0.3, 0.4) is 0 Å². The van der Waals surface area contributed by atoms with Crippen molar-refractivity contribution in [3.63, 3.8) is 0 Å². The number of aromatic nitrogens is 3. The highest BCUT2D eigenvalue weighted by Crippen LogP contribution is 2.41. The molecule has 0 spiro atoms. The molecule has 0 radical (unpaired) electrons. The molecule has 3 rings (SSSR count). The van der Waals surface area contributed by atoms with Crippen LogP contribution in [-0.4, -0.2) is 36.5 Å². The fraction of sp³-hybridized carbons (Fsp3) is 0.312. The van der Waals surface area contributed by atoms with E-state index in [0.717, 1.165) is 16.8 Å². The van der Waals surface area contributed by atoms with Gasteiger partial charge in [-0.2, -0.15) is 4.98 Å². The number of hydrogen-bond acceptors (Lipinski definition) is 8. The maximum absolute atomic E-state index is 5.37. The molecule has 126 valence electrons. The first-order chi connectivity index (χ1) is 11.7. The second-order valence-electron chi connectivity index (χ2n) is 4.92. The normalized spacial score (nSPS) is 10.7. The maximum atomic E-state index is 5.37. The first-order valence-corrected chi connectivity index (χ1v) is 7.38. The van der Waals surface area contributed by atoms with Crippen molar-refractivity contribution in [1.29, 1.82) is 0 Å². The molecule has 0 aliphatic heterocycles. The zero-order valence-corrected chi connectivity index (χ0v) is 13.9. The molecule has 2 heterocycles. The van der Waals surface area contributed by atoms with Crippen LogP contribution in [0.15, 0.2) is 23.0 Å². The highest BCUT2D eigenvalue weighted by molar-refractivity contribution is 5.89. The summed E-state index contributed by atoms with van der Waals surface area (Å²) in [6.07, 6.45) is 2.14. The SMILES string of the molecule is CCc1noc2ncnc(Nc3cc(OC)c(OC)c(OC)c3)c12. The second kappa shape index (κ2) is 6.61. The third kappa shape index (κ3) is 2.66. The topological polar surface area (TPSA) is 91.5 Å². The Hall–Kier alpha value is -3.03. The summed E-state index contributed by atoms with van der Waals surface area (Å²) in [7, 11) is 4.70. The van der Waals surface area contributed by atoms with Crippen molar-refractivity contribution in [3.05, 3.63) is 24.2 Å². The molecule has 8 nitrogen and oxygen atoms in total. The van der Waals surface area contributed by atoms with Crippen molar-refractivity contribution in [2.45, 2.75) is 13.3 Å². The average Bonchev–Trinajstić information content (AvgIpc) is 3.05. The molecule has 0 aliphatic carbocycles. The minimum atomic E-state index is 0.441. The van der Waals surface area contributed by atoms with Gasteiger partial charge in [0.25, 0.3) is 5.71 Å². The van der Waals surface area contributed by atoms with Gasteiger partial charge in [-0.1, -0.05) is 12.1 Å². The highest BCUT2D eigenvalue weighted by Gasteiger charge is 2.17. The number of aryl methyl sites for hydroxylation is 1. The van der Waals surface area contributed by atoms with Crippen molar-refractivity contribution in [2.24, 2.45) is 0 Å². The van der Waals surface area contributed by atoms with E-state index in [0.29, 0.717) is 35.2 Å². The van der Waals surface area contributed by atoms with Crippen LogP contribution in [0, 0.1) is 0 Å². The summed E-state index contributed by atoms with van der Waals surface area (Å²) in [4.78, 5) is 8.40. The first kappa shape index (κ1) is 15.9. The van der Waals surface area contributed by atoms with Crippen LogP contribution in [0.25, 0.3) is 11.1 Å². The van der Waals surface area contributed by atoms with Gasteiger partial charge in [-0.15, -0.1) is 0 Å². The Balaban J connectivity index is 2.07. The standard InChI is InChI=1S/C16H18N4O4/c1-5-10-13-15(17-8-18-16(13)24-20-10)19-9-6-11(21-2)14(23-4)12(7-9)22-3/h6-8H,5H2,1-4H3,(H,17,18,19). The van der Waals surface area contributed by atoms with E-state index in [1.807, 2.05) is 6.92 Å². The number of benzene rings is 1. The molecule has 24 heavy (non-hydrogen) atoms. The van der Waals surface area contributed by atoms with E-state index in [1.165, 1.54) is 6.33 Å². The van der Waals surface area contributed by atoms with Crippen molar-refractivity contribution in [2.75, 3.05) is 26.6 Å². The number of methoxy groups -OCH3 is 3. The van der Waals surface area contributed by atoms with Gasteiger partial charge in [0.15, 0.2) is 11.5 Å². The van der Waals surface area contributed by atoms with Crippen LogP contribution in [0.2, 0.25) is 0 Å². The van der Waals surface area contributed by atoms with Crippen LogP contribution < -0.4 is 19.5 Å². The molecule has 3 aromatic rings. The van der Waals surface area contributed by atoms with Gasteiger partial charge in [0, 0.05) is 17.8 Å². The Morgan fingerprint density at radius 2 is 1.75 bits per heavy atom. The van der Waals surface area contributed by atoms with Gasteiger partial charge in [-0.3, -0.25) is 0 Å². The summed E-state index contributed by atoms with van der Waals surface area (Å²) in [5.74, 6) is 2.22. The second-order valence-corrected chi connectivity index (χ2v) is 4.92. The lowest BCUT2D eigenvalue weighted by Gasteiger charge is -2.15. The molecule has 1 N–H and O–H groups in total. The predicted octanol–water partition coefficient (Wildman–Crippen LogP) is 2.95. The van der Waals surface area contributed by atoms with E-state index in [-0.39, 0.29) is 0 Å². The number of nitrogens with zero attached hydrogens (tertiary/aromatic N) is 3. The lowest BCUT2D eigenvalue weighted by atomic mass is 10.2. The third-order valence-electron chi connectivity index (χ3n) is 3.61. The van der Waals surface area contributed by atoms with E-state index in [2.05, 4.69) is 20.4 Å². The van der Waals surface area contributed by atoms with E-state index in [1.54, 1.807) is 33.5 Å². The average molecular weight is 330 g/mol. The zero-order chi connectivity index (χ0) is 17.1. The summed E-state index contributed by atoms with van der Waals surface area (Å²) in [5, 5.41) is 8.02. The molecule has 0 saturated heterocycles. The summed E-state index contributed by atoms with van der Waals surface area (Å²) in [6, 6.07) is 3.60. The molecule has 2 aromatic heterocycles. The lowest BCUT2D eigenvalue weighted by molar-refractivity contribution is 0.324. The van der Waals surface area contributed by atoms with Gasteiger partial charge < -0.3 is 24.1 Å². The lowest BCUT2D eigenvalue weighted by Crippen LogP contribution is -2.00. The molecule has 0 unspecified atom stereocenters. The molecular formula is C16H18N4O4. The van der Waals surface area contributed by atoms with Gasteiger partial charge >= 0.3 is 0 Å². The number of ether oxygens (including phenoxy) is 3. The number of hydrogen-bond donors (Lipinski definition) is 1. The summed E-state index contributed by atoms with van der Waals surface area (Å²) < 4.78 is 21.3. The quantitative estimate of drug-likeness (QED) is 0.737. The monoisotopic (exact) mass is 330 g/mol. The molecule has 0 bridgehead atoms. The zero-order valence-electron chi connectivity index (χ0n) is 13.9. The van der Waals surface area contributed by atoms with Crippen molar-refractivity contribution in [3.8, 4) is 17.2 Å². The summed E-state index contributed by atoms with van der Waals surface area (Å²) >= 11 is 0. The molecule has 0 saturated carbocycles. The number of nitrogens with one attached hydrogen (secondary N) is 1. The van der Waals surface area contributed by atoms with Crippen molar-refractivity contribution < 1.29 is 18.7 Å². The predicted molar refractivity (Wildman–Crippen MR) is 88.4 cm³/mol. The minimum Gasteiger partial charge on any atom is -0.493 e. The number of anilines is 2. The maximum Gasteiger partial charge on any atom is 0.263 e. The third-order valence-corrected chi connectivity index (χ3v) is 3.61. The van der Waals surface area contributed by atoms with E-state index in [4.69, 9.17) is 18.7 Å². The fourth-order valence-corrected chi connectivity index (χ4v) is 2.47. The molecule has 0 amide bonds. The Kier molecular flexibility index (Phi) is 4.37. The van der Waals surface area contributed by atoms with Gasteiger partial charge in [0.05, 0.1) is 27.0 Å². The summed E-state index contributed by atoms with van der Waals surface area (Å²) in [5.41, 5.74) is 1.96. The van der Waals surface area contributed by atoms with Crippen molar-refractivity contribution >= 4 is 22.6 Å². The largest absolute Gasteiger partial charge is 0.493 e. The van der Waals surface area contributed by atoms with Crippen LogP contribution in [0.1, 0.15) is 12.6 Å². The van der Waals surface area contributed by atoms with Gasteiger partial charge in [-0.05, 0) is 6.42 Å². The molecule has 0 aliphatic rings. The molecule has 0 atom stereocenters. The Morgan fingerprint density at radius 1 is 1.04 bits per heavy atom. The smallest absolute Gasteiger partial charge is 0.263 e. The van der Waals surface area contributed by atoms with Crippen LogP contribution in [0.4, 0.5) is 11.5 Å². The van der Waals surface area contributed by atoms with Gasteiger partial charge in [0.2, 0.25) is 5.75 Å². The first-order valence-electron chi connectivity index (χ1n) is 7.38. The number of fused-ring (bicyclic) bond motifs is 1. The number of rotatable bonds is 6. The van der Waals surface area contributed by atoms with Crippen LogP contribution >= 0.6 is 0 Å². The van der Waals surface area contributed by atoms with E-state index < -0.39 is 0 Å². The molecule has 0 fully saturated rings. The van der Waals surface area contributed by atoms with E-state index >= 15 is 0 Å². The fourth-order valence-electron chi connectivity index (χ4n) is 2.47. The Morgan fingerprint density at radius 3 is 2.33 bits per heavy atom. The summed E-state index contributed by atoms with van der Waals surface area (Å²) in [6.45, 7) is 1.99. The van der Waals surface area contributed by atoms with Crippen LogP contribution in [-0.2, 0) is 6.42 Å². The Bertz CT molecular complexity index is 837. The van der Waals surface area contributed by atoms with Gasteiger partial charge in [-0.25, -0.2) is 4.98 Å². The molecule has 8 heteroatoms. The Labute approximate surface area is 138 Å². The highest BCUT2D eigenvalue weighted by atomic mass is 16.5. The van der Waals surface area contributed by atoms with Gasteiger partial charge in [0.1, 0.15) is 17.5 Å². The molecular weight excluding hydrogens is 312 g/mol. The minimum absolute atomic E-state index is 0.441. The van der Waals surface area contributed by atoms with E-state index in [9.17, 15) is 0 Å².